The van der Waals surface area contributed by atoms with Gasteiger partial charge in [-0.3, -0.25) is 0 Å². The first kappa shape index (κ1) is 14.8. The van der Waals surface area contributed by atoms with Gasteiger partial charge in [-0.25, -0.2) is 0 Å². The number of hydrogen-bond acceptors (Lipinski definition) is 4. The summed E-state index contributed by atoms with van der Waals surface area (Å²) in [5.74, 6) is 1.62. The summed E-state index contributed by atoms with van der Waals surface area (Å²) in [6.07, 6.45) is 0. The molecule has 1 aromatic carbocycles. The maximum atomic E-state index is 6.27. The maximum absolute atomic E-state index is 6.27. The first-order valence-electron chi connectivity index (χ1n) is 6.36. The number of hydrogen-bond donors (Lipinski definition) is 1. The highest BCUT2D eigenvalue weighted by atomic mass is 16.5. The van der Waals surface area contributed by atoms with Crippen LogP contribution in [0.15, 0.2) is 18.2 Å². The average molecular weight is 252 g/mol. The van der Waals surface area contributed by atoms with Crippen molar-refractivity contribution in [2.45, 2.75) is 19.9 Å². The Labute approximate surface area is 110 Å². The highest BCUT2D eigenvalue weighted by Crippen LogP contribution is 2.28. The lowest BCUT2D eigenvalue weighted by molar-refractivity contribution is 0.281. The lowest BCUT2D eigenvalue weighted by Crippen LogP contribution is -2.32. The Morgan fingerprint density at radius 1 is 1.17 bits per heavy atom. The quantitative estimate of drug-likeness (QED) is 0.807. The van der Waals surface area contributed by atoms with E-state index in [0.29, 0.717) is 0 Å². The van der Waals surface area contributed by atoms with Crippen molar-refractivity contribution in [1.82, 2.24) is 4.90 Å². The Morgan fingerprint density at radius 3 is 2.33 bits per heavy atom. The van der Waals surface area contributed by atoms with Crippen LogP contribution in [-0.4, -0.2) is 38.8 Å². The van der Waals surface area contributed by atoms with Gasteiger partial charge in [-0.05, 0) is 31.3 Å². The third kappa shape index (κ3) is 3.62. The highest BCUT2D eigenvalue weighted by Gasteiger charge is 2.15. The van der Waals surface area contributed by atoms with Gasteiger partial charge in [-0.15, -0.1) is 0 Å². The number of rotatable bonds is 7. The van der Waals surface area contributed by atoms with Crippen LogP contribution < -0.4 is 15.2 Å². The molecule has 4 heteroatoms. The molecule has 18 heavy (non-hydrogen) atoms. The Kier molecular flexibility index (Phi) is 5.95. The van der Waals surface area contributed by atoms with Crippen molar-refractivity contribution >= 4 is 0 Å². The number of nitrogens with zero attached hydrogens (tertiary/aromatic N) is 1. The van der Waals surface area contributed by atoms with Crippen LogP contribution in [0, 0.1) is 0 Å². The fraction of sp³-hybridized carbons (Fsp3) is 0.571. The van der Waals surface area contributed by atoms with Crippen LogP contribution in [0.4, 0.5) is 0 Å². The Hall–Kier alpha value is -1.26. The summed E-state index contributed by atoms with van der Waals surface area (Å²) in [5, 5.41) is 0. The van der Waals surface area contributed by atoms with Crippen molar-refractivity contribution in [2.75, 3.05) is 33.9 Å². The second-order valence-corrected chi connectivity index (χ2v) is 4.20. The molecule has 0 heterocycles. The molecular formula is C14H24N2O2. The monoisotopic (exact) mass is 252 g/mol. The van der Waals surface area contributed by atoms with Crippen LogP contribution in [0.5, 0.6) is 11.5 Å². The predicted octanol–water partition coefficient (Wildman–Crippen LogP) is 2.05. The summed E-state index contributed by atoms with van der Waals surface area (Å²) in [6, 6.07) is 5.66. The minimum absolute atomic E-state index is 0.0741. The fourth-order valence-corrected chi connectivity index (χ4v) is 1.99. The number of methoxy groups -OCH3 is 2. The van der Waals surface area contributed by atoms with Crippen molar-refractivity contribution in [3.63, 3.8) is 0 Å². The molecule has 1 unspecified atom stereocenters. The zero-order valence-electron chi connectivity index (χ0n) is 11.8. The van der Waals surface area contributed by atoms with Crippen molar-refractivity contribution < 1.29 is 9.47 Å². The molecule has 1 aromatic rings. The standard InChI is InChI=1S/C14H24N2O2/c1-5-16(6-2)10-13(15)12-9-11(17-3)7-8-14(12)18-4/h7-9,13H,5-6,10,15H2,1-4H3. The number of likely N-dealkylation sites (N-methyl/N-ethyl adjacent to an activating group) is 1. The van der Waals surface area contributed by atoms with Gasteiger partial charge in [0.1, 0.15) is 11.5 Å². The topological polar surface area (TPSA) is 47.7 Å². The second-order valence-electron chi connectivity index (χ2n) is 4.20. The van der Waals surface area contributed by atoms with Gasteiger partial charge in [0.15, 0.2) is 0 Å². The molecule has 0 aliphatic rings. The second kappa shape index (κ2) is 7.24. The summed E-state index contributed by atoms with van der Waals surface area (Å²) in [5.41, 5.74) is 7.26. The number of benzene rings is 1. The van der Waals surface area contributed by atoms with E-state index >= 15 is 0 Å². The normalized spacial score (nSPS) is 12.6. The van der Waals surface area contributed by atoms with Crippen LogP contribution >= 0.6 is 0 Å². The summed E-state index contributed by atoms with van der Waals surface area (Å²) < 4.78 is 10.6. The molecular weight excluding hydrogens is 228 g/mol. The van der Waals surface area contributed by atoms with Gasteiger partial charge in [0.05, 0.1) is 14.2 Å². The van der Waals surface area contributed by atoms with Crippen LogP contribution in [0.25, 0.3) is 0 Å². The molecule has 0 aliphatic heterocycles. The molecule has 0 bridgehead atoms. The molecule has 0 saturated carbocycles. The largest absolute Gasteiger partial charge is 0.497 e. The Balaban J connectivity index is 2.91. The maximum Gasteiger partial charge on any atom is 0.123 e. The zero-order chi connectivity index (χ0) is 13.5. The van der Waals surface area contributed by atoms with E-state index in [2.05, 4.69) is 18.7 Å². The lowest BCUT2D eigenvalue weighted by atomic mass is 10.1. The highest BCUT2D eigenvalue weighted by molar-refractivity contribution is 5.42. The van der Waals surface area contributed by atoms with Gasteiger partial charge in [-0.2, -0.15) is 0 Å². The van der Waals surface area contributed by atoms with E-state index in [1.165, 1.54) is 0 Å². The van der Waals surface area contributed by atoms with Gasteiger partial charge >= 0.3 is 0 Å². The van der Waals surface area contributed by atoms with Gasteiger partial charge in [0, 0.05) is 18.2 Å². The van der Waals surface area contributed by atoms with E-state index in [0.717, 1.165) is 36.7 Å². The molecule has 0 spiro atoms. The van der Waals surface area contributed by atoms with E-state index in [-0.39, 0.29) is 6.04 Å². The zero-order valence-corrected chi connectivity index (χ0v) is 11.8. The van der Waals surface area contributed by atoms with Gasteiger partial charge in [0.2, 0.25) is 0 Å². The lowest BCUT2D eigenvalue weighted by Gasteiger charge is -2.24. The first-order chi connectivity index (χ1) is 8.65. The molecule has 2 N–H and O–H groups in total. The minimum atomic E-state index is -0.0741. The SMILES string of the molecule is CCN(CC)CC(N)c1cc(OC)ccc1OC. The fourth-order valence-electron chi connectivity index (χ4n) is 1.99. The van der Waals surface area contributed by atoms with Crippen molar-refractivity contribution in [3.8, 4) is 11.5 Å². The molecule has 1 rings (SSSR count). The third-order valence-electron chi connectivity index (χ3n) is 3.19. The van der Waals surface area contributed by atoms with Crippen molar-refractivity contribution in [1.29, 1.82) is 0 Å². The minimum Gasteiger partial charge on any atom is -0.497 e. The molecule has 0 radical (unpaired) electrons. The summed E-state index contributed by atoms with van der Waals surface area (Å²) in [6.45, 7) is 7.08. The van der Waals surface area contributed by atoms with Crippen LogP contribution in [0.3, 0.4) is 0 Å². The summed E-state index contributed by atoms with van der Waals surface area (Å²) in [7, 11) is 3.32. The number of nitrogens with two attached hydrogens (primary N) is 1. The molecule has 102 valence electrons. The Bertz CT molecular complexity index is 365. The number of ether oxygens (including phenoxy) is 2. The molecule has 0 amide bonds. The van der Waals surface area contributed by atoms with E-state index in [1.54, 1.807) is 14.2 Å². The van der Waals surface area contributed by atoms with E-state index in [4.69, 9.17) is 15.2 Å². The molecule has 1 atom stereocenters. The molecule has 0 aromatic heterocycles. The third-order valence-corrected chi connectivity index (χ3v) is 3.19. The van der Waals surface area contributed by atoms with Crippen molar-refractivity contribution in [2.24, 2.45) is 5.73 Å². The van der Waals surface area contributed by atoms with Gasteiger partial charge in [0.25, 0.3) is 0 Å². The summed E-state index contributed by atoms with van der Waals surface area (Å²) >= 11 is 0. The van der Waals surface area contributed by atoms with Crippen LogP contribution in [0.2, 0.25) is 0 Å². The molecule has 0 saturated heterocycles. The van der Waals surface area contributed by atoms with Crippen LogP contribution in [-0.2, 0) is 0 Å². The van der Waals surface area contributed by atoms with E-state index in [9.17, 15) is 0 Å². The van der Waals surface area contributed by atoms with Crippen LogP contribution in [0.1, 0.15) is 25.5 Å². The molecule has 0 aliphatic carbocycles. The smallest absolute Gasteiger partial charge is 0.123 e. The van der Waals surface area contributed by atoms with Gasteiger partial charge < -0.3 is 20.1 Å². The molecule has 0 fully saturated rings. The summed E-state index contributed by atoms with van der Waals surface area (Å²) in [4.78, 5) is 2.30. The van der Waals surface area contributed by atoms with Crippen molar-refractivity contribution in [3.05, 3.63) is 23.8 Å². The van der Waals surface area contributed by atoms with E-state index < -0.39 is 0 Å². The first-order valence-corrected chi connectivity index (χ1v) is 6.36. The van der Waals surface area contributed by atoms with E-state index in [1.807, 2.05) is 18.2 Å². The van der Waals surface area contributed by atoms with Gasteiger partial charge in [-0.1, -0.05) is 13.8 Å². The average Bonchev–Trinajstić information content (AvgIpc) is 2.43. The molecule has 4 nitrogen and oxygen atoms in total. The predicted molar refractivity (Wildman–Crippen MR) is 74.3 cm³/mol. The Morgan fingerprint density at radius 2 is 1.83 bits per heavy atom.